The highest BCUT2D eigenvalue weighted by atomic mass is 14.9. The van der Waals surface area contributed by atoms with Crippen LogP contribution in [-0.2, 0) is 11.8 Å². The second-order valence-corrected chi connectivity index (χ2v) is 13.9. The average Bonchev–Trinajstić information content (AvgIpc) is 3.40. The summed E-state index contributed by atoms with van der Waals surface area (Å²) in [6.45, 7) is 20.8. The highest BCUT2D eigenvalue weighted by Crippen LogP contribution is 2.42. The molecule has 0 spiro atoms. The molecule has 7 aromatic rings. The molecule has 2 heteroatoms. The van der Waals surface area contributed by atoms with E-state index in [1.165, 1.54) is 76.8 Å². The van der Waals surface area contributed by atoms with Crippen LogP contribution >= 0.6 is 0 Å². The summed E-state index contributed by atoms with van der Waals surface area (Å²) in [6, 6.07) is 27.2. The van der Waals surface area contributed by atoms with Crippen molar-refractivity contribution in [2.75, 3.05) is 0 Å². The summed E-state index contributed by atoms with van der Waals surface area (Å²) in [6.07, 6.45) is 3.18. The third-order valence-electron chi connectivity index (χ3n) is 8.70. The van der Waals surface area contributed by atoms with Gasteiger partial charge in [0.05, 0.1) is 12.9 Å². The Kier molecular flexibility index (Phi) is 5.14. The molecule has 0 radical (unpaired) electrons. The summed E-state index contributed by atoms with van der Waals surface area (Å²) >= 11 is 0. The molecule has 0 aliphatic heterocycles. The van der Waals surface area contributed by atoms with E-state index >= 15 is 0 Å². The minimum atomic E-state index is 0.00421. The number of hydrogen-bond acceptors (Lipinski definition) is 0. The van der Waals surface area contributed by atoms with Gasteiger partial charge in [0, 0.05) is 10.8 Å². The maximum absolute atomic E-state index is 4.55. The molecule has 0 amide bonds. The van der Waals surface area contributed by atoms with Crippen LogP contribution in [0.3, 0.4) is 0 Å². The Morgan fingerprint density at radius 3 is 2.15 bits per heavy atom. The summed E-state index contributed by atoms with van der Waals surface area (Å²) in [4.78, 5) is 0. The lowest BCUT2D eigenvalue weighted by Gasteiger charge is -2.27. The van der Waals surface area contributed by atoms with Crippen LogP contribution in [0, 0.1) is 19.1 Å². The van der Waals surface area contributed by atoms with E-state index in [0.717, 1.165) is 6.42 Å². The number of fused-ring (bicyclic) bond motifs is 7. The van der Waals surface area contributed by atoms with E-state index in [0.29, 0.717) is 0 Å². The molecule has 7 rings (SSSR count). The standard InChI is InChI=1S/C38H38N2/c1-23-25-13-9-10-14-26(25)31(38(5,6)7)21-30(23)35-36-28(19-20-39(35)8)27-18-17-24(22-37(2,3)4)33-29-15-11-12-16-32(29)40(36)34(27)33/h9-21H,8,22H2,1-7H3. The Morgan fingerprint density at radius 2 is 1.45 bits per heavy atom. The van der Waals surface area contributed by atoms with Gasteiger partial charge in [0.15, 0.2) is 16.7 Å². The van der Waals surface area contributed by atoms with Crippen molar-refractivity contribution in [2.45, 2.75) is 60.3 Å². The molecular weight excluding hydrogens is 484 g/mol. The molecule has 0 aliphatic carbocycles. The zero-order chi connectivity index (χ0) is 28.1. The normalized spacial score (nSPS) is 13.1. The van der Waals surface area contributed by atoms with Gasteiger partial charge in [-0.2, -0.15) is 0 Å². The molecule has 0 saturated heterocycles. The lowest BCUT2D eigenvalue weighted by atomic mass is 9.80. The van der Waals surface area contributed by atoms with Crippen molar-refractivity contribution in [2.24, 2.45) is 5.41 Å². The van der Waals surface area contributed by atoms with E-state index in [1.54, 1.807) is 0 Å². The maximum atomic E-state index is 4.55. The first-order valence-electron chi connectivity index (χ1n) is 14.4. The first-order valence-corrected chi connectivity index (χ1v) is 14.4. The first-order chi connectivity index (χ1) is 19.0. The van der Waals surface area contributed by atoms with Gasteiger partial charge in [-0.15, -0.1) is 11.6 Å². The molecule has 0 saturated carbocycles. The summed E-state index contributed by atoms with van der Waals surface area (Å²) in [5.41, 5.74) is 10.6. The fourth-order valence-electron chi connectivity index (χ4n) is 7.03. The lowest BCUT2D eigenvalue weighted by molar-refractivity contribution is -0.497. The lowest BCUT2D eigenvalue weighted by Crippen LogP contribution is -2.25. The fraction of sp³-hybridized carbons (Fsp3) is 0.263. The van der Waals surface area contributed by atoms with Crippen LogP contribution in [0.1, 0.15) is 58.2 Å². The number of rotatable bonds is 2. The number of aryl methyl sites for hydroxylation is 1. The summed E-state index contributed by atoms with van der Waals surface area (Å²) in [5, 5.41) is 7.98. The van der Waals surface area contributed by atoms with E-state index < -0.39 is 0 Å². The van der Waals surface area contributed by atoms with Gasteiger partial charge in [0.1, 0.15) is 5.52 Å². The zero-order valence-corrected chi connectivity index (χ0v) is 24.8. The third kappa shape index (κ3) is 3.48. The highest BCUT2D eigenvalue weighted by Gasteiger charge is 2.27. The zero-order valence-electron chi connectivity index (χ0n) is 24.8. The molecular formula is C38H38N2. The average molecular weight is 523 g/mol. The highest BCUT2D eigenvalue weighted by molar-refractivity contribution is 6.20. The van der Waals surface area contributed by atoms with Crippen molar-refractivity contribution >= 4 is 48.9 Å². The van der Waals surface area contributed by atoms with Crippen LogP contribution in [0.15, 0.2) is 79.0 Å². The number of nitrogens with zero attached hydrogens (tertiary/aromatic N) is 2. The van der Waals surface area contributed by atoms with Crippen LogP contribution in [0.25, 0.3) is 60.1 Å². The van der Waals surface area contributed by atoms with E-state index in [1.807, 2.05) is 0 Å². The largest absolute Gasteiger partial charge is 0.266 e. The maximum Gasteiger partial charge on any atom is 0.166 e. The topological polar surface area (TPSA) is 10.0 Å². The van der Waals surface area contributed by atoms with E-state index in [-0.39, 0.29) is 10.8 Å². The number of pyridine rings is 1. The molecule has 40 heavy (non-hydrogen) atoms. The fourth-order valence-corrected chi connectivity index (χ4v) is 7.03. The van der Waals surface area contributed by atoms with Crippen molar-refractivity contribution in [1.82, 2.24) is 0 Å². The van der Waals surface area contributed by atoms with Crippen molar-refractivity contribution in [3.8, 4) is 11.3 Å². The molecule has 200 valence electrons. The van der Waals surface area contributed by atoms with Crippen molar-refractivity contribution in [1.29, 1.82) is 0 Å². The molecule has 0 fully saturated rings. The van der Waals surface area contributed by atoms with E-state index in [4.69, 9.17) is 0 Å². The molecule has 0 atom stereocenters. The number of para-hydroxylation sites is 1. The summed E-state index contributed by atoms with van der Waals surface area (Å²) in [5.74, 6) is 0. The molecule has 2 nitrogen and oxygen atoms in total. The van der Waals surface area contributed by atoms with Crippen LogP contribution in [0.2, 0.25) is 0 Å². The number of aromatic nitrogens is 2. The molecule has 4 aromatic carbocycles. The molecule has 0 N–H and O–H groups in total. The van der Waals surface area contributed by atoms with Gasteiger partial charge in [-0.25, -0.2) is 4.40 Å². The van der Waals surface area contributed by atoms with Gasteiger partial charge in [-0.1, -0.05) is 126 Å². The molecule has 0 unspecified atom stereocenters. The Hall–Kier alpha value is -4.04. The minimum Gasteiger partial charge on any atom is -0.266 e. The second kappa shape index (κ2) is 8.24. The van der Waals surface area contributed by atoms with Crippen molar-refractivity contribution in [3.63, 3.8) is 0 Å². The number of benzene rings is 4. The monoisotopic (exact) mass is 522 g/mol. The van der Waals surface area contributed by atoms with Crippen LogP contribution in [-0.4, -0.2) is 0 Å². The van der Waals surface area contributed by atoms with Crippen LogP contribution in [0.5, 0.6) is 0 Å². The molecule has 0 aliphatic rings. The van der Waals surface area contributed by atoms with E-state index in [2.05, 4.69) is 143 Å². The SMILES string of the molecule is C=[n+]1ccc2c3ccc(CC(C)(C)C)c4c5ccccc5[n+](c34)[c-]2[c-]1-c1cc(C(C)(C)C)c2ccccc2c1C. The minimum absolute atomic E-state index is 0.00421. The quantitative estimate of drug-likeness (QED) is 0.158. The predicted octanol–water partition coefficient (Wildman–Crippen LogP) is 8.98. The Bertz CT molecular complexity index is 2170. The molecule has 0 bridgehead atoms. The van der Waals surface area contributed by atoms with Gasteiger partial charge in [0.25, 0.3) is 0 Å². The third-order valence-corrected chi connectivity index (χ3v) is 8.70. The smallest absolute Gasteiger partial charge is 0.166 e. The van der Waals surface area contributed by atoms with Crippen molar-refractivity contribution < 1.29 is 8.64 Å². The molecule has 3 heterocycles. The molecule has 3 aromatic heterocycles. The number of hydrogen-bond donors (Lipinski definition) is 0. The van der Waals surface area contributed by atoms with Gasteiger partial charge >= 0.3 is 0 Å². The van der Waals surface area contributed by atoms with Gasteiger partial charge in [0.2, 0.25) is 0 Å². The second-order valence-electron chi connectivity index (χ2n) is 13.9. The van der Waals surface area contributed by atoms with Crippen LogP contribution < -0.4 is 8.64 Å². The van der Waals surface area contributed by atoms with Crippen LogP contribution in [0.4, 0.5) is 0 Å². The van der Waals surface area contributed by atoms with E-state index in [9.17, 15) is 0 Å². The summed E-state index contributed by atoms with van der Waals surface area (Å²) < 4.78 is 4.62. The Labute approximate surface area is 236 Å². The predicted molar refractivity (Wildman–Crippen MR) is 169 cm³/mol. The van der Waals surface area contributed by atoms with Gasteiger partial charge in [-0.3, -0.25) is 4.24 Å². The Balaban J connectivity index is 1.71. The Morgan fingerprint density at radius 1 is 0.775 bits per heavy atom. The summed E-state index contributed by atoms with van der Waals surface area (Å²) in [7, 11) is 0. The van der Waals surface area contributed by atoms with Gasteiger partial charge in [-0.05, 0) is 45.0 Å². The first kappa shape index (κ1) is 25.0. The van der Waals surface area contributed by atoms with Gasteiger partial charge < -0.3 is 0 Å². The van der Waals surface area contributed by atoms with Crippen molar-refractivity contribution in [3.05, 3.63) is 102 Å².